The van der Waals surface area contributed by atoms with E-state index in [0.29, 0.717) is 10.8 Å². The second kappa shape index (κ2) is 7.60. The summed E-state index contributed by atoms with van der Waals surface area (Å²) in [5.41, 5.74) is 1.02. The van der Waals surface area contributed by atoms with Crippen LogP contribution in [-0.4, -0.2) is 47.0 Å². The third kappa shape index (κ3) is 3.31. The van der Waals surface area contributed by atoms with Crippen LogP contribution in [0, 0.1) is 12.8 Å². The fourth-order valence-electron chi connectivity index (χ4n) is 4.07. The normalized spacial score (nSPS) is 21.0. The number of nitrogens with one attached hydrogen (secondary N) is 1. The van der Waals surface area contributed by atoms with Gasteiger partial charge in [-0.25, -0.2) is 4.98 Å². The Kier molecular flexibility index (Phi) is 5.16. The summed E-state index contributed by atoms with van der Waals surface area (Å²) in [6.07, 6.45) is 2.33. The molecule has 150 valence electrons. The molecule has 0 radical (unpaired) electrons. The van der Waals surface area contributed by atoms with Gasteiger partial charge >= 0.3 is 0 Å². The minimum absolute atomic E-state index is 0.0636. The van der Waals surface area contributed by atoms with Crippen LogP contribution in [0.2, 0.25) is 0 Å². The number of aromatic hydroxyl groups is 1. The monoisotopic (exact) mass is 403 g/mol. The summed E-state index contributed by atoms with van der Waals surface area (Å²) in [6, 6.07) is 5.80. The summed E-state index contributed by atoms with van der Waals surface area (Å²) in [7, 11) is 3.35. The molecule has 3 aromatic rings. The first-order valence-corrected chi connectivity index (χ1v) is 10.4. The maximum absolute atomic E-state index is 11.0. The standard InChI is InChI=1S/C20H26N4O3S/c1-12-7-9-23(10-8-12)17(15-11-14(26-3)5-6-16(15)27-4)18-19(25)24-20(28-18)21-13(2)22-24/h5-6,11-12,17,25H,7-10H2,1-4H3/p+1/t17-/m1/s1. The maximum Gasteiger partial charge on any atom is 0.235 e. The van der Waals surface area contributed by atoms with Gasteiger partial charge in [-0.05, 0) is 43.9 Å². The number of quaternary nitrogens is 1. The lowest BCUT2D eigenvalue weighted by atomic mass is 9.94. The molecule has 4 rings (SSSR count). The quantitative estimate of drug-likeness (QED) is 0.683. The van der Waals surface area contributed by atoms with Crippen molar-refractivity contribution in [2.45, 2.75) is 32.7 Å². The maximum atomic E-state index is 11.0. The Balaban J connectivity index is 1.87. The number of aromatic nitrogens is 3. The molecule has 1 saturated heterocycles. The SMILES string of the molecule is COc1ccc(OC)c([C@H](c2sc3nc(C)nn3c2O)[NH+]2CCC(C)CC2)c1. The Labute approximate surface area is 168 Å². The number of hydrogen-bond acceptors (Lipinski definition) is 6. The van der Waals surface area contributed by atoms with Crippen LogP contribution in [0.25, 0.3) is 4.96 Å². The first kappa shape index (κ1) is 19.0. The van der Waals surface area contributed by atoms with Crippen molar-refractivity contribution >= 4 is 16.3 Å². The summed E-state index contributed by atoms with van der Waals surface area (Å²) in [5, 5.41) is 15.3. The van der Waals surface area contributed by atoms with E-state index < -0.39 is 0 Å². The zero-order valence-corrected chi connectivity index (χ0v) is 17.5. The molecule has 0 unspecified atom stereocenters. The van der Waals surface area contributed by atoms with E-state index in [-0.39, 0.29) is 11.9 Å². The van der Waals surface area contributed by atoms with Crippen molar-refractivity contribution in [2.75, 3.05) is 27.3 Å². The lowest BCUT2D eigenvalue weighted by molar-refractivity contribution is -0.931. The van der Waals surface area contributed by atoms with Crippen LogP contribution in [0.4, 0.5) is 0 Å². The van der Waals surface area contributed by atoms with Crippen LogP contribution >= 0.6 is 11.3 Å². The number of ether oxygens (including phenoxy) is 2. The predicted octanol–water partition coefficient (Wildman–Crippen LogP) is 2.23. The molecule has 0 aliphatic carbocycles. The van der Waals surface area contributed by atoms with Gasteiger partial charge in [-0.3, -0.25) is 0 Å². The zero-order chi connectivity index (χ0) is 19.8. The molecular weight excluding hydrogens is 376 g/mol. The second-order valence-corrected chi connectivity index (χ2v) is 8.53. The third-order valence-electron chi connectivity index (χ3n) is 5.64. The largest absolute Gasteiger partial charge is 0.497 e. The number of benzene rings is 1. The minimum Gasteiger partial charge on any atom is -0.497 e. The molecule has 0 spiro atoms. The molecule has 0 amide bonds. The molecule has 1 atom stereocenters. The molecule has 28 heavy (non-hydrogen) atoms. The van der Waals surface area contributed by atoms with Crippen molar-refractivity contribution in [3.8, 4) is 17.4 Å². The highest BCUT2D eigenvalue weighted by molar-refractivity contribution is 7.17. The number of hydrogen-bond donors (Lipinski definition) is 2. The molecule has 1 fully saturated rings. The fourth-order valence-corrected chi connectivity index (χ4v) is 5.25. The number of thiazole rings is 1. The van der Waals surface area contributed by atoms with Crippen molar-refractivity contribution in [1.29, 1.82) is 0 Å². The Morgan fingerprint density at radius 1 is 1.25 bits per heavy atom. The van der Waals surface area contributed by atoms with Crippen molar-refractivity contribution in [3.05, 3.63) is 34.5 Å². The van der Waals surface area contributed by atoms with Gasteiger partial charge in [0.15, 0.2) is 6.04 Å². The number of rotatable bonds is 5. The van der Waals surface area contributed by atoms with E-state index >= 15 is 0 Å². The van der Waals surface area contributed by atoms with Gasteiger partial charge < -0.3 is 19.5 Å². The van der Waals surface area contributed by atoms with Crippen LogP contribution in [-0.2, 0) is 0 Å². The van der Waals surface area contributed by atoms with Crippen molar-refractivity contribution in [3.63, 3.8) is 0 Å². The molecule has 2 aromatic heterocycles. The molecule has 7 nitrogen and oxygen atoms in total. The predicted molar refractivity (Wildman–Crippen MR) is 108 cm³/mol. The Morgan fingerprint density at radius 2 is 2.00 bits per heavy atom. The third-order valence-corrected chi connectivity index (χ3v) is 6.73. The van der Waals surface area contributed by atoms with E-state index in [1.807, 2.05) is 25.1 Å². The van der Waals surface area contributed by atoms with Gasteiger partial charge in [0, 0.05) is 0 Å². The molecule has 1 aliphatic heterocycles. The van der Waals surface area contributed by atoms with Crippen molar-refractivity contribution < 1.29 is 19.5 Å². The van der Waals surface area contributed by atoms with Gasteiger partial charge in [-0.2, -0.15) is 4.52 Å². The van der Waals surface area contributed by atoms with Crippen LogP contribution in [0.3, 0.4) is 0 Å². The smallest absolute Gasteiger partial charge is 0.235 e. The van der Waals surface area contributed by atoms with Gasteiger partial charge in [0.1, 0.15) is 22.2 Å². The summed E-state index contributed by atoms with van der Waals surface area (Å²) in [5.74, 6) is 3.13. The molecule has 2 N–H and O–H groups in total. The number of methoxy groups -OCH3 is 2. The highest BCUT2D eigenvalue weighted by atomic mass is 32.1. The Bertz CT molecular complexity index is 975. The van der Waals surface area contributed by atoms with Gasteiger partial charge in [-0.1, -0.05) is 18.3 Å². The zero-order valence-electron chi connectivity index (χ0n) is 16.7. The summed E-state index contributed by atoms with van der Waals surface area (Å²) in [4.78, 5) is 7.44. The van der Waals surface area contributed by atoms with Crippen LogP contribution in [0.15, 0.2) is 18.2 Å². The van der Waals surface area contributed by atoms with Crippen LogP contribution < -0.4 is 14.4 Å². The highest BCUT2D eigenvalue weighted by Crippen LogP contribution is 2.39. The van der Waals surface area contributed by atoms with Crippen molar-refractivity contribution in [1.82, 2.24) is 14.6 Å². The van der Waals surface area contributed by atoms with Gasteiger partial charge in [0.2, 0.25) is 10.8 Å². The highest BCUT2D eigenvalue weighted by Gasteiger charge is 2.36. The van der Waals surface area contributed by atoms with E-state index in [4.69, 9.17) is 9.47 Å². The summed E-state index contributed by atoms with van der Waals surface area (Å²) in [6.45, 7) is 6.22. The molecule has 0 bridgehead atoms. The van der Waals surface area contributed by atoms with E-state index in [1.54, 1.807) is 18.7 Å². The topological polar surface area (TPSA) is 73.3 Å². The number of piperidine rings is 1. The Hall–Kier alpha value is -2.32. The minimum atomic E-state index is -0.0636. The van der Waals surface area contributed by atoms with Gasteiger partial charge in [0.25, 0.3) is 0 Å². The fraction of sp³-hybridized carbons (Fsp3) is 0.500. The molecule has 0 saturated carbocycles. The lowest BCUT2D eigenvalue weighted by Gasteiger charge is -2.34. The van der Waals surface area contributed by atoms with Crippen molar-refractivity contribution in [2.24, 2.45) is 5.92 Å². The van der Waals surface area contributed by atoms with E-state index in [0.717, 1.165) is 40.9 Å². The van der Waals surface area contributed by atoms with E-state index in [1.165, 1.54) is 29.1 Å². The lowest BCUT2D eigenvalue weighted by Crippen LogP contribution is -3.13. The van der Waals surface area contributed by atoms with Crippen LogP contribution in [0.1, 0.15) is 42.1 Å². The van der Waals surface area contributed by atoms with E-state index in [2.05, 4.69) is 17.0 Å². The van der Waals surface area contributed by atoms with Gasteiger partial charge in [-0.15, -0.1) is 5.10 Å². The first-order valence-electron chi connectivity index (χ1n) is 9.63. The average Bonchev–Trinajstić information content (AvgIpc) is 3.21. The number of aryl methyl sites for hydroxylation is 1. The van der Waals surface area contributed by atoms with Gasteiger partial charge in [0.05, 0.1) is 32.9 Å². The number of nitrogens with zero attached hydrogens (tertiary/aromatic N) is 3. The molecule has 3 heterocycles. The number of likely N-dealkylation sites (tertiary alicyclic amines) is 1. The number of fused-ring (bicyclic) bond motifs is 1. The molecule has 1 aliphatic rings. The summed E-state index contributed by atoms with van der Waals surface area (Å²) >= 11 is 1.50. The molecule has 8 heteroatoms. The first-order chi connectivity index (χ1) is 13.5. The summed E-state index contributed by atoms with van der Waals surface area (Å²) < 4.78 is 12.7. The van der Waals surface area contributed by atoms with E-state index in [9.17, 15) is 5.11 Å². The van der Waals surface area contributed by atoms with Crippen LogP contribution in [0.5, 0.6) is 17.4 Å². The second-order valence-electron chi connectivity index (χ2n) is 7.52. The molecule has 1 aromatic carbocycles. The molecular formula is C20H27N4O3S+. The average molecular weight is 404 g/mol. The Morgan fingerprint density at radius 3 is 2.64 bits per heavy atom.